The number of carbonyl (C=O) groups excluding carboxylic acids is 1. The molecule has 2 aromatic rings. The Morgan fingerprint density at radius 2 is 1.96 bits per heavy atom. The summed E-state index contributed by atoms with van der Waals surface area (Å²) >= 11 is 2.08. The molecule has 0 radical (unpaired) electrons. The maximum atomic E-state index is 12.4. The molecule has 2 rings (SSSR count). The molecule has 26 heavy (non-hydrogen) atoms. The molecule has 0 fully saturated rings. The van der Waals surface area contributed by atoms with Gasteiger partial charge in [0.1, 0.15) is 23.5 Å². The Kier molecular flexibility index (Phi) is 6.76. The molecule has 0 unspecified atom stereocenters. The van der Waals surface area contributed by atoms with Gasteiger partial charge in [0, 0.05) is 5.69 Å². The van der Waals surface area contributed by atoms with Gasteiger partial charge in [0.15, 0.2) is 6.61 Å². The van der Waals surface area contributed by atoms with Crippen molar-refractivity contribution < 1.29 is 9.53 Å². The summed E-state index contributed by atoms with van der Waals surface area (Å²) < 4.78 is 6.08. The zero-order valence-electron chi connectivity index (χ0n) is 14.3. The second-order valence-corrected chi connectivity index (χ2v) is 6.72. The minimum absolute atomic E-state index is 0.00437. The molecule has 0 aliphatic rings. The lowest BCUT2D eigenvalue weighted by Crippen LogP contribution is -2.13. The Morgan fingerprint density at radius 3 is 2.58 bits per heavy atom. The number of ether oxygens (including phenoxy) is 1. The van der Waals surface area contributed by atoms with E-state index in [9.17, 15) is 10.1 Å². The van der Waals surface area contributed by atoms with Gasteiger partial charge >= 0.3 is 0 Å². The molecule has 0 aliphatic carbocycles. The average molecular weight is 457 g/mol. The number of aryl methyl sites for hydroxylation is 2. The first kappa shape index (κ1) is 19.5. The Balaban J connectivity index is 2.20. The number of halogens is 1. The van der Waals surface area contributed by atoms with E-state index in [-0.39, 0.29) is 12.2 Å². The number of nitrogens with one attached hydrogen (secondary N) is 1. The third-order valence-electron chi connectivity index (χ3n) is 3.69. The van der Waals surface area contributed by atoms with Crippen molar-refractivity contribution in [2.24, 2.45) is 0 Å². The molecule has 0 saturated heterocycles. The van der Waals surface area contributed by atoms with Crippen molar-refractivity contribution in [3.8, 4) is 17.9 Å². The number of benzene rings is 2. The van der Waals surface area contributed by atoms with E-state index in [1.807, 2.05) is 38.1 Å². The number of anilines is 1. The first-order valence-electron chi connectivity index (χ1n) is 7.74. The number of rotatable bonds is 5. The standard InChI is InChI=1S/C20H16IN3O2/c1-13-3-5-17(9-14(13)2)24-20(25)16(12-23)10-15-4-6-19(18(21)11-15)26-8-7-22/h3-6,9-11H,8H2,1-2H3,(H,24,25)/b16-10+. The predicted molar refractivity (Wildman–Crippen MR) is 108 cm³/mol. The number of hydrogen-bond donors (Lipinski definition) is 1. The van der Waals surface area contributed by atoms with E-state index in [1.165, 1.54) is 6.08 Å². The largest absolute Gasteiger partial charge is 0.478 e. The second-order valence-electron chi connectivity index (χ2n) is 5.56. The third kappa shape index (κ3) is 5.08. The number of amides is 1. The highest BCUT2D eigenvalue weighted by Gasteiger charge is 2.11. The molecular weight excluding hydrogens is 441 g/mol. The van der Waals surface area contributed by atoms with Gasteiger partial charge in [0.25, 0.3) is 5.91 Å². The number of nitrogens with zero attached hydrogens (tertiary/aromatic N) is 2. The van der Waals surface area contributed by atoms with Crippen LogP contribution in [0.3, 0.4) is 0 Å². The van der Waals surface area contributed by atoms with E-state index in [2.05, 4.69) is 27.9 Å². The van der Waals surface area contributed by atoms with Gasteiger partial charge in [-0.1, -0.05) is 12.1 Å². The summed E-state index contributed by atoms with van der Waals surface area (Å²) in [5.41, 5.74) is 3.55. The molecule has 0 bridgehead atoms. The summed E-state index contributed by atoms with van der Waals surface area (Å²) in [6.07, 6.45) is 1.52. The minimum Gasteiger partial charge on any atom is -0.478 e. The van der Waals surface area contributed by atoms with Crippen LogP contribution in [0.25, 0.3) is 6.08 Å². The maximum Gasteiger partial charge on any atom is 0.266 e. The molecule has 6 heteroatoms. The monoisotopic (exact) mass is 457 g/mol. The average Bonchev–Trinajstić information content (AvgIpc) is 2.62. The highest BCUT2D eigenvalue weighted by atomic mass is 127. The lowest BCUT2D eigenvalue weighted by atomic mass is 10.1. The van der Waals surface area contributed by atoms with Crippen LogP contribution in [0.4, 0.5) is 5.69 Å². The van der Waals surface area contributed by atoms with Crippen LogP contribution in [0.2, 0.25) is 0 Å². The molecule has 0 aliphatic heterocycles. The lowest BCUT2D eigenvalue weighted by Gasteiger charge is -2.08. The highest BCUT2D eigenvalue weighted by molar-refractivity contribution is 14.1. The fraction of sp³-hybridized carbons (Fsp3) is 0.150. The fourth-order valence-electron chi connectivity index (χ4n) is 2.17. The summed E-state index contributed by atoms with van der Waals surface area (Å²) in [7, 11) is 0. The molecule has 1 amide bonds. The first-order chi connectivity index (χ1) is 12.4. The van der Waals surface area contributed by atoms with E-state index < -0.39 is 5.91 Å². The quantitative estimate of drug-likeness (QED) is 0.411. The predicted octanol–water partition coefficient (Wildman–Crippen LogP) is 4.36. The molecule has 0 aromatic heterocycles. The normalized spacial score (nSPS) is 10.6. The highest BCUT2D eigenvalue weighted by Crippen LogP contribution is 2.23. The Labute approximate surface area is 166 Å². The zero-order chi connectivity index (χ0) is 19.1. The molecule has 130 valence electrons. The van der Waals surface area contributed by atoms with Gasteiger partial charge in [0.2, 0.25) is 0 Å². The van der Waals surface area contributed by atoms with Gasteiger partial charge < -0.3 is 10.1 Å². The number of nitriles is 2. The van der Waals surface area contributed by atoms with Gasteiger partial charge in [-0.05, 0) is 83.5 Å². The van der Waals surface area contributed by atoms with Gasteiger partial charge in [-0.2, -0.15) is 10.5 Å². The SMILES string of the molecule is Cc1ccc(NC(=O)/C(C#N)=C/c2ccc(OCC#N)c(I)c2)cc1C. The van der Waals surface area contributed by atoms with Crippen LogP contribution >= 0.6 is 22.6 Å². The smallest absolute Gasteiger partial charge is 0.266 e. The van der Waals surface area contributed by atoms with E-state index in [1.54, 1.807) is 24.3 Å². The Morgan fingerprint density at radius 1 is 1.19 bits per heavy atom. The van der Waals surface area contributed by atoms with Gasteiger partial charge in [0.05, 0.1) is 3.57 Å². The van der Waals surface area contributed by atoms with E-state index in [4.69, 9.17) is 10.00 Å². The fourth-order valence-corrected chi connectivity index (χ4v) is 2.86. The molecule has 2 aromatic carbocycles. The summed E-state index contributed by atoms with van der Waals surface area (Å²) in [4.78, 5) is 12.4. The van der Waals surface area contributed by atoms with Crippen LogP contribution in [-0.2, 0) is 4.79 Å². The van der Waals surface area contributed by atoms with E-state index in [0.717, 1.165) is 14.7 Å². The van der Waals surface area contributed by atoms with Crippen molar-refractivity contribution in [3.05, 3.63) is 62.2 Å². The molecule has 0 spiro atoms. The summed E-state index contributed by atoms with van der Waals surface area (Å²) in [5.74, 6) is 0.123. The summed E-state index contributed by atoms with van der Waals surface area (Å²) in [6.45, 7) is 3.92. The zero-order valence-corrected chi connectivity index (χ0v) is 16.5. The van der Waals surface area contributed by atoms with Crippen LogP contribution in [0.15, 0.2) is 42.0 Å². The molecule has 1 N–H and O–H groups in total. The molecular formula is C20H16IN3O2. The van der Waals surface area contributed by atoms with Crippen LogP contribution < -0.4 is 10.1 Å². The number of hydrogen-bond acceptors (Lipinski definition) is 4. The van der Waals surface area contributed by atoms with Crippen LogP contribution in [0.1, 0.15) is 16.7 Å². The van der Waals surface area contributed by atoms with Crippen molar-refractivity contribution in [2.75, 3.05) is 11.9 Å². The van der Waals surface area contributed by atoms with Crippen molar-refractivity contribution in [3.63, 3.8) is 0 Å². The summed E-state index contributed by atoms with van der Waals surface area (Å²) in [5, 5.41) is 20.6. The van der Waals surface area contributed by atoms with Gasteiger partial charge in [-0.3, -0.25) is 4.79 Å². The molecule has 0 atom stereocenters. The van der Waals surface area contributed by atoms with Crippen LogP contribution in [0.5, 0.6) is 5.75 Å². The molecule has 0 heterocycles. The summed E-state index contributed by atoms with van der Waals surface area (Å²) in [6, 6.07) is 14.7. The second kappa shape index (κ2) is 9.02. The topological polar surface area (TPSA) is 85.9 Å². The maximum absolute atomic E-state index is 12.4. The van der Waals surface area contributed by atoms with Gasteiger partial charge in [-0.15, -0.1) is 0 Å². The Bertz CT molecular complexity index is 953. The van der Waals surface area contributed by atoms with Crippen molar-refractivity contribution in [2.45, 2.75) is 13.8 Å². The number of carbonyl (C=O) groups is 1. The van der Waals surface area contributed by atoms with Crippen molar-refractivity contribution in [1.82, 2.24) is 0 Å². The molecule has 5 nitrogen and oxygen atoms in total. The molecule has 0 saturated carbocycles. The first-order valence-corrected chi connectivity index (χ1v) is 8.82. The van der Waals surface area contributed by atoms with Gasteiger partial charge in [-0.25, -0.2) is 0 Å². The van der Waals surface area contributed by atoms with Crippen LogP contribution in [-0.4, -0.2) is 12.5 Å². The third-order valence-corrected chi connectivity index (χ3v) is 4.53. The lowest BCUT2D eigenvalue weighted by molar-refractivity contribution is -0.112. The van der Waals surface area contributed by atoms with Crippen molar-refractivity contribution in [1.29, 1.82) is 10.5 Å². The van der Waals surface area contributed by atoms with Crippen LogP contribution in [0, 0.1) is 40.1 Å². The Hall–Kier alpha value is -2.84. The van der Waals surface area contributed by atoms with E-state index in [0.29, 0.717) is 17.0 Å². The van der Waals surface area contributed by atoms with Crippen molar-refractivity contribution >= 4 is 40.3 Å². The minimum atomic E-state index is -0.462. The van der Waals surface area contributed by atoms with E-state index >= 15 is 0 Å².